The Morgan fingerprint density at radius 1 is 1.16 bits per heavy atom. The molecule has 130 valence electrons. The van der Waals surface area contributed by atoms with Crippen molar-refractivity contribution in [1.29, 1.82) is 0 Å². The van der Waals surface area contributed by atoms with Gasteiger partial charge in [-0.25, -0.2) is 0 Å². The van der Waals surface area contributed by atoms with Crippen molar-refractivity contribution in [2.45, 2.75) is 38.6 Å². The van der Waals surface area contributed by atoms with Gasteiger partial charge in [-0.1, -0.05) is 30.3 Å². The fraction of sp³-hybridized carbons (Fsp3) is 0.400. The third-order valence-corrected chi connectivity index (χ3v) is 5.78. The second-order valence-electron chi connectivity index (χ2n) is 6.64. The van der Waals surface area contributed by atoms with Crippen LogP contribution < -0.4 is 0 Å². The Kier molecular flexibility index (Phi) is 4.95. The van der Waals surface area contributed by atoms with Gasteiger partial charge in [0.15, 0.2) is 0 Å². The van der Waals surface area contributed by atoms with Gasteiger partial charge in [0.2, 0.25) is 5.89 Å². The fourth-order valence-corrected chi connectivity index (χ4v) is 4.31. The van der Waals surface area contributed by atoms with E-state index in [1.165, 1.54) is 16.9 Å². The van der Waals surface area contributed by atoms with Crippen LogP contribution in [0.3, 0.4) is 0 Å². The van der Waals surface area contributed by atoms with Gasteiger partial charge in [0.1, 0.15) is 0 Å². The van der Waals surface area contributed by atoms with Crippen LogP contribution in [0, 0.1) is 6.92 Å². The molecule has 1 unspecified atom stereocenters. The molecule has 0 bridgehead atoms. The molecule has 0 saturated carbocycles. The van der Waals surface area contributed by atoms with Crippen LogP contribution in [0.25, 0.3) is 10.8 Å². The molecule has 5 heteroatoms. The minimum atomic E-state index is 0.276. The van der Waals surface area contributed by atoms with Gasteiger partial charge in [-0.05, 0) is 63.4 Å². The zero-order chi connectivity index (χ0) is 17.1. The number of aromatic nitrogens is 2. The Morgan fingerprint density at radius 2 is 2.04 bits per heavy atom. The lowest BCUT2D eigenvalue weighted by molar-refractivity contribution is 0.221. The number of aryl methyl sites for hydroxylation is 2. The SMILES string of the molecule is Cc1ccc(-c2nnc(C3CCCN3CCCc3ccccc3)o2)s1. The van der Waals surface area contributed by atoms with Gasteiger partial charge in [0.25, 0.3) is 5.89 Å². The van der Waals surface area contributed by atoms with E-state index < -0.39 is 0 Å². The summed E-state index contributed by atoms with van der Waals surface area (Å²) in [7, 11) is 0. The highest BCUT2D eigenvalue weighted by molar-refractivity contribution is 7.15. The molecule has 0 aliphatic carbocycles. The molecule has 0 amide bonds. The lowest BCUT2D eigenvalue weighted by Gasteiger charge is -2.21. The van der Waals surface area contributed by atoms with E-state index in [-0.39, 0.29) is 6.04 Å². The molecule has 0 N–H and O–H groups in total. The van der Waals surface area contributed by atoms with Gasteiger partial charge in [-0.3, -0.25) is 4.90 Å². The molecule has 0 radical (unpaired) electrons. The second-order valence-corrected chi connectivity index (χ2v) is 7.93. The number of benzene rings is 1. The van der Waals surface area contributed by atoms with Crippen LogP contribution in [0.15, 0.2) is 46.9 Å². The lowest BCUT2D eigenvalue weighted by atomic mass is 10.1. The Morgan fingerprint density at radius 3 is 2.84 bits per heavy atom. The highest BCUT2D eigenvalue weighted by Crippen LogP contribution is 2.34. The predicted octanol–water partition coefficient (Wildman–Crippen LogP) is 4.88. The van der Waals surface area contributed by atoms with Crippen molar-refractivity contribution in [3.8, 4) is 10.8 Å². The average molecular weight is 353 g/mol. The molecule has 1 aliphatic rings. The Bertz CT molecular complexity index is 811. The van der Waals surface area contributed by atoms with Crippen LogP contribution in [0.2, 0.25) is 0 Å². The number of hydrogen-bond donors (Lipinski definition) is 0. The maximum atomic E-state index is 6.01. The minimum absolute atomic E-state index is 0.276. The van der Waals surface area contributed by atoms with Crippen molar-refractivity contribution in [2.24, 2.45) is 0 Å². The lowest BCUT2D eigenvalue weighted by Crippen LogP contribution is -2.25. The minimum Gasteiger partial charge on any atom is -0.418 e. The fourth-order valence-electron chi connectivity index (χ4n) is 3.52. The summed E-state index contributed by atoms with van der Waals surface area (Å²) in [5.74, 6) is 1.43. The third-order valence-electron chi connectivity index (χ3n) is 4.79. The van der Waals surface area contributed by atoms with Crippen LogP contribution in [0.5, 0.6) is 0 Å². The first kappa shape index (κ1) is 16.5. The first-order valence-electron chi connectivity index (χ1n) is 8.98. The molecule has 4 rings (SSSR count). The summed E-state index contributed by atoms with van der Waals surface area (Å²) in [5, 5.41) is 8.62. The van der Waals surface area contributed by atoms with E-state index in [0.717, 1.165) is 43.1 Å². The van der Waals surface area contributed by atoms with Crippen LogP contribution in [0.4, 0.5) is 0 Å². The van der Waals surface area contributed by atoms with Crippen LogP contribution in [0.1, 0.15) is 41.6 Å². The van der Waals surface area contributed by atoms with Crippen LogP contribution in [-0.4, -0.2) is 28.2 Å². The van der Waals surface area contributed by atoms with Crippen LogP contribution in [-0.2, 0) is 6.42 Å². The van der Waals surface area contributed by atoms with Crippen molar-refractivity contribution in [3.63, 3.8) is 0 Å². The maximum Gasteiger partial charge on any atom is 0.257 e. The van der Waals surface area contributed by atoms with E-state index >= 15 is 0 Å². The number of rotatable bonds is 6. The smallest absolute Gasteiger partial charge is 0.257 e. The van der Waals surface area contributed by atoms with Crippen molar-refractivity contribution in [3.05, 3.63) is 58.8 Å². The van der Waals surface area contributed by atoms with E-state index in [1.807, 2.05) is 0 Å². The van der Waals surface area contributed by atoms with E-state index in [0.29, 0.717) is 5.89 Å². The Hall–Kier alpha value is -1.98. The van der Waals surface area contributed by atoms with Crippen molar-refractivity contribution in [1.82, 2.24) is 15.1 Å². The summed E-state index contributed by atoms with van der Waals surface area (Å²) in [6.07, 6.45) is 4.58. The number of nitrogens with zero attached hydrogens (tertiary/aromatic N) is 3. The number of hydrogen-bond acceptors (Lipinski definition) is 5. The second kappa shape index (κ2) is 7.50. The Balaban J connectivity index is 1.39. The summed E-state index contributed by atoms with van der Waals surface area (Å²) in [4.78, 5) is 4.82. The Labute approximate surface area is 152 Å². The quantitative estimate of drug-likeness (QED) is 0.633. The molecule has 2 aromatic heterocycles. The molecule has 3 aromatic rings. The van der Waals surface area contributed by atoms with E-state index in [1.54, 1.807) is 11.3 Å². The van der Waals surface area contributed by atoms with Gasteiger partial charge < -0.3 is 4.42 Å². The topological polar surface area (TPSA) is 42.2 Å². The summed E-state index contributed by atoms with van der Waals surface area (Å²) >= 11 is 1.70. The summed E-state index contributed by atoms with van der Waals surface area (Å²) in [6.45, 7) is 4.29. The average Bonchev–Trinajstić information content (AvgIpc) is 3.35. The van der Waals surface area contributed by atoms with Gasteiger partial charge in [-0.2, -0.15) is 0 Å². The largest absolute Gasteiger partial charge is 0.418 e. The molecule has 1 atom stereocenters. The molecule has 0 spiro atoms. The molecule has 1 aromatic carbocycles. The predicted molar refractivity (Wildman–Crippen MR) is 101 cm³/mol. The first-order chi connectivity index (χ1) is 12.3. The highest BCUT2D eigenvalue weighted by atomic mass is 32.1. The molecule has 4 nitrogen and oxygen atoms in total. The molecule has 1 fully saturated rings. The summed E-state index contributed by atoms with van der Waals surface area (Å²) in [6, 6.07) is 15.1. The molecule has 3 heterocycles. The first-order valence-corrected chi connectivity index (χ1v) is 9.79. The molecular weight excluding hydrogens is 330 g/mol. The summed E-state index contributed by atoms with van der Waals surface area (Å²) in [5.41, 5.74) is 1.41. The normalized spacial score (nSPS) is 18.0. The van der Waals surface area contributed by atoms with Crippen molar-refractivity contribution >= 4 is 11.3 Å². The van der Waals surface area contributed by atoms with Gasteiger partial charge >= 0.3 is 0 Å². The molecular formula is C20H23N3OS. The third kappa shape index (κ3) is 3.83. The summed E-state index contributed by atoms with van der Waals surface area (Å²) < 4.78 is 6.01. The number of likely N-dealkylation sites (tertiary alicyclic amines) is 1. The van der Waals surface area contributed by atoms with Gasteiger partial charge in [-0.15, -0.1) is 21.5 Å². The molecule has 1 aliphatic heterocycles. The highest BCUT2D eigenvalue weighted by Gasteiger charge is 2.30. The van der Waals surface area contributed by atoms with E-state index in [4.69, 9.17) is 4.42 Å². The molecule has 25 heavy (non-hydrogen) atoms. The zero-order valence-corrected chi connectivity index (χ0v) is 15.3. The van der Waals surface area contributed by atoms with Crippen molar-refractivity contribution < 1.29 is 4.42 Å². The molecule has 1 saturated heterocycles. The van der Waals surface area contributed by atoms with E-state index in [9.17, 15) is 0 Å². The van der Waals surface area contributed by atoms with Gasteiger partial charge in [0.05, 0.1) is 10.9 Å². The van der Waals surface area contributed by atoms with Gasteiger partial charge in [0, 0.05) is 4.88 Å². The van der Waals surface area contributed by atoms with Crippen molar-refractivity contribution in [2.75, 3.05) is 13.1 Å². The maximum absolute atomic E-state index is 6.01. The standard InChI is InChI=1S/C20H23N3OS/c1-15-11-12-18(25-15)20-22-21-19(24-20)17-10-6-14-23(17)13-5-9-16-7-3-2-4-8-16/h2-4,7-8,11-12,17H,5-6,9-10,13-14H2,1H3. The number of thiophene rings is 1. The van der Waals surface area contributed by atoms with Crippen LogP contribution >= 0.6 is 11.3 Å². The zero-order valence-electron chi connectivity index (χ0n) is 14.5. The van der Waals surface area contributed by atoms with E-state index in [2.05, 4.69) is 64.5 Å². The monoisotopic (exact) mass is 353 g/mol.